The van der Waals surface area contributed by atoms with E-state index >= 15 is 0 Å². The van der Waals surface area contributed by atoms with Gasteiger partial charge in [0.1, 0.15) is 0 Å². The van der Waals surface area contributed by atoms with Gasteiger partial charge in [-0.2, -0.15) is 10.1 Å². The molecule has 0 bridgehead atoms. The molecule has 0 unspecified atom stereocenters. The van der Waals surface area contributed by atoms with E-state index in [-0.39, 0.29) is 5.91 Å². The zero-order valence-corrected chi connectivity index (χ0v) is 13.3. The van der Waals surface area contributed by atoms with Crippen LogP contribution in [0.1, 0.15) is 6.92 Å². The van der Waals surface area contributed by atoms with Crippen molar-refractivity contribution < 1.29 is 9.53 Å². The van der Waals surface area contributed by atoms with Gasteiger partial charge in [0.25, 0.3) is 5.91 Å². The summed E-state index contributed by atoms with van der Waals surface area (Å²) in [6.45, 7) is 4.88. The fourth-order valence-corrected chi connectivity index (χ4v) is 2.58. The van der Waals surface area contributed by atoms with Crippen LogP contribution < -0.4 is 5.01 Å². The number of hydrazone groups is 1. The zero-order chi connectivity index (χ0) is 14.8. The third-order valence-corrected chi connectivity index (χ3v) is 4.02. The molecule has 0 aromatic heterocycles. The summed E-state index contributed by atoms with van der Waals surface area (Å²) in [5.41, 5.74) is 2.17. The van der Waals surface area contributed by atoms with E-state index in [1.165, 1.54) is 5.01 Å². The second kappa shape index (κ2) is 5.99. The highest BCUT2D eigenvalue weighted by atomic mass is 79.9. The lowest BCUT2D eigenvalue weighted by Gasteiger charge is -2.25. The van der Waals surface area contributed by atoms with Crippen LogP contribution >= 0.6 is 15.9 Å². The van der Waals surface area contributed by atoms with Gasteiger partial charge in [-0.25, -0.2) is 0 Å². The summed E-state index contributed by atoms with van der Waals surface area (Å²) >= 11 is 3.39. The first kappa shape index (κ1) is 14.3. The molecule has 2 aliphatic heterocycles. The largest absolute Gasteiger partial charge is 0.378 e. The second-order valence-corrected chi connectivity index (χ2v) is 5.89. The summed E-state index contributed by atoms with van der Waals surface area (Å²) in [7, 11) is 0. The van der Waals surface area contributed by atoms with Crippen LogP contribution in [0.25, 0.3) is 0 Å². The van der Waals surface area contributed by atoms with Crippen molar-refractivity contribution in [3.05, 3.63) is 40.5 Å². The molecule has 3 rings (SSSR count). The molecule has 2 aliphatic rings. The molecule has 1 aromatic carbocycles. The first-order valence-electron chi connectivity index (χ1n) is 6.84. The van der Waals surface area contributed by atoms with E-state index in [9.17, 15) is 4.79 Å². The monoisotopic (exact) mass is 349 g/mol. The Kier molecular flexibility index (Phi) is 4.07. The average molecular weight is 350 g/mol. The number of rotatable bonds is 2. The lowest BCUT2D eigenvalue weighted by molar-refractivity contribution is -0.114. The molecule has 1 saturated heterocycles. The van der Waals surface area contributed by atoms with E-state index in [0.29, 0.717) is 18.8 Å². The van der Waals surface area contributed by atoms with Gasteiger partial charge in [-0.3, -0.25) is 4.79 Å². The van der Waals surface area contributed by atoms with Crippen molar-refractivity contribution in [3.63, 3.8) is 0 Å². The molecule has 0 atom stereocenters. The summed E-state index contributed by atoms with van der Waals surface area (Å²) < 4.78 is 6.29. The quantitative estimate of drug-likeness (QED) is 0.770. The molecule has 21 heavy (non-hydrogen) atoms. The Morgan fingerprint density at radius 3 is 2.57 bits per heavy atom. The Balaban J connectivity index is 1.83. The molecule has 0 saturated carbocycles. The minimum atomic E-state index is -0.0821. The molecule has 0 N–H and O–H groups in total. The number of hydrogen-bond donors (Lipinski definition) is 0. The van der Waals surface area contributed by atoms with Gasteiger partial charge >= 0.3 is 0 Å². The van der Waals surface area contributed by atoms with Gasteiger partial charge < -0.3 is 9.64 Å². The van der Waals surface area contributed by atoms with Crippen LogP contribution in [-0.4, -0.2) is 42.8 Å². The topological polar surface area (TPSA) is 45.1 Å². The van der Waals surface area contributed by atoms with Crippen LogP contribution in [0.4, 0.5) is 5.69 Å². The van der Waals surface area contributed by atoms with Gasteiger partial charge in [-0.1, -0.05) is 15.9 Å². The number of hydrogen-bond acceptors (Lipinski definition) is 4. The SMILES string of the molecule is CC1=NN(c2ccc(Br)cc2)C(=O)/C1=C\N1CCOCC1. The summed E-state index contributed by atoms with van der Waals surface area (Å²) in [5, 5.41) is 5.83. The number of morpholine rings is 1. The van der Waals surface area contributed by atoms with Crippen LogP contribution in [0.5, 0.6) is 0 Å². The maximum absolute atomic E-state index is 12.5. The van der Waals surface area contributed by atoms with Gasteiger partial charge in [0.15, 0.2) is 0 Å². The first-order valence-corrected chi connectivity index (χ1v) is 7.63. The predicted molar refractivity (Wildman–Crippen MR) is 85.2 cm³/mol. The van der Waals surface area contributed by atoms with Crippen LogP contribution in [-0.2, 0) is 9.53 Å². The van der Waals surface area contributed by atoms with Crippen LogP contribution in [0.3, 0.4) is 0 Å². The lowest BCUT2D eigenvalue weighted by Crippen LogP contribution is -2.33. The molecule has 5 nitrogen and oxygen atoms in total. The smallest absolute Gasteiger partial charge is 0.282 e. The number of carbonyl (C=O) groups is 1. The first-order chi connectivity index (χ1) is 10.1. The number of benzene rings is 1. The number of ether oxygens (including phenoxy) is 1. The number of halogens is 1. The molecule has 0 aliphatic carbocycles. The standard InChI is InChI=1S/C15H16BrN3O2/c1-11-14(10-18-6-8-21-9-7-18)15(20)19(17-11)13-4-2-12(16)3-5-13/h2-5,10H,6-9H2,1H3/b14-10-. The molecule has 1 fully saturated rings. The summed E-state index contributed by atoms with van der Waals surface area (Å²) in [4.78, 5) is 14.7. The predicted octanol–water partition coefficient (Wildman–Crippen LogP) is 2.39. The van der Waals surface area contributed by atoms with Crippen molar-refractivity contribution in [1.29, 1.82) is 0 Å². The molecule has 6 heteroatoms. The van der Waals surface area contributed by atoms with E-state index in [1.807, 2.05) is 37.4 Å². The van der Waals surface area contributed by atoms with Crippen LogP contribution in [0, 0.1) is 0 Å². The summed E-state index contributed by atoms with van der Waals surface area (Å²) in [5.74, 6) is -0.0821. The third kappa shape index (κ3) is 3.01. The highest BCUT2D eigenvalue weighted by Crippen LogP contribution is 2.25. The van der Waals surface area contributed by atoms with E-state index in [0.717, 1.165) is 29.0 Å². The highest BCUT2D eigenvalue weighted by molar-refractivity contribution is 9.10. The molecular formula is C15H16BrN3O2. The lowest BCUT2D eigenvalue weighted by atomic mass is 10.2. The van der Waals surface area contributed by atoms with Crippen molar-refractivity contribution in [2.45, 2.75) is 6.92 Å². The van der Waals surface area contributed by atoms with Gasteiger partial charge in [0.05, 0.1) is 30.2 Å². The van der Waals surface area contributed by atoms with Crippen molar-refractivity contribution in [2.24, 2.45) is 5.10 Å². The van der Waals surface area contributed by atoms with Crippen molar-refractivity contribution in [3.8, 4) is 0 Å². The summed E-state index contributed by atoms with van der Waals surface area (Å²) in [6, 6.07) is 7.54. The minimum absolute atomic E-state index is 0.0821. The minimum Gasteiger partial charge on any atom is -0.378 e. The number of anilines is 1. The van der Waals surface area contributed by atoms with E-state index in [4.69, 9.17) is 4.74 Å². The van der Waals surface area contributed by atoms with Crippen molar-refractivity contribution in [2.75, 3.05) is 31.3 Å². The number of amides is 1. The molecule has 110 valence electrons. The zero-order valence-electron chi connectivity index (χ0n) is 11.8. The number of carbonyl (C=O) groups excluding carboxylic acids is 1. The number of nitrogens with zero attached hydrogens (tertiary/aromatic N) is 3. The van der Waals surface area contributed by atoms with Gasteiger partial charge in [-0.15, -0.1) is 0 Å². The Hall–Kier alpha value is -1.66. The molecule has 2 heterocycles. The third-order valence-electron chi connectivity index (χ3n) is 3.49. The molecule has 0 radical (unpaired) electrons. The van der Waals surface area contributed by atoms with Crippen LogP contribution in [0.15, 0.2) is 45.6 Å². The highest BCUT2D eigenvalue weighted by Gasteiger charge is 2.29. The van der Waals surface area contributed by atoms with Gasteiger partial charge in [0, 0.05) is 23.8 Å². The molecule has 0 spiro atoms. The fourth-order valence-electron chi connectivity index (χ4n) is 2.31. The second-order valence-electron chi connectivity index (χ2n) is 4.97. The maximum Gasteiger partial charge on any atom is 0.282 e. The average Bonchev–Trinajstić information content (AvgIpc) is 2.77. The molecular weight excluding hydrogens is 334 g/mol. The van der Waals surface area contributed by atoms with Gasteiger partial charge in [0.2, 0.25) is 0 Å². The van der Waals surface area contributed by atoms with E-state index in [2.05, 4.69) is 25.9 Å². The Morgan fingerprint density at radius 1 is 1.24 bits per heavy atom. The van der Waals surface area contributed by atoms with E-state index < -0.39 is 0 Å². The normalized spacial score (nSPS) is 21.1. The van der Waals surface area contributed by atoms with E-state index in [1.54, 1.807) is 0 Å². The molecule has 1 aromatic rings. The summed E-state index contributed by atoms with van der Waals surface area (Å²) in [6.07, 6.45) is 1.91. The van der Waals surface area contributed by atoms with Gasteiger partial charge in [-0.05, 0) is 31.2 Å². The van der Waals surface area contributed by atoms with Crippen molar-refractivity contribution in [1.82, 2.24) is 4.90 Å². The van der Waals surface area contributed by atoms with Crippen molar-refractivity contribution >= 4 is 33.2 Å². The Morgan fingerprint density at radius 2 is 1.90 bits per heavy atom. The Labute approximate surface area is 132 Å². The van der Waals surface area contributed by atoms with Crippen LogP contribution in [0.2, 0.25) is 0 Å². The molecule has 1 amide bonds. The maximum atomic E-state index is 12.5. The fraction of sp³-hybridized carbons (Fsp3) is 0.333. The Bertz CT molecular complexity index is 604.